The summed E-state index contributed by atoms with van der Waals surface area (Å²) >= 11 is 1.27. The highest BCUT2D eigenvalue weighted by Crippen LogP contribution is 2.36. The van der Waals surface area contributed by atoms with Gasteiger partial charge in [0.15, 0.2) is 22.9 Å². The van der Waals surface area contributed by atoms with E-state index in [2.05, 4.69) is 5.32 Å². The van der Waals surface area contributed by atoms with E-state index in [1.807, 2.05) is 6.07 Å². The number of rotatable bonds is 5. The maximum Gasteiger partial charge on any atom is 0.335 e. The molecule has 0 radical (unpaired) electrons. The van der Waals surface area contributed by atoms with Crippen molar-refractivity contribution < 1.29 is 24.9 Å². The Kier molecular flexibility index (Phi) is 6.07. The minimum absolute atomic E-state index is 0.271. The number of hydrogen-bond donors (Lipinski definition) is 5. The normalized spacial score (nSPS) is 11.2. The number of nitrogens with zero attached hydrogens (tertiary/aromatic N) is 1. The second-order valence-corrected chi connectivity index (χ2v) is 6.07. The van der Waals surface area contributed by atoms with Crippen molar-refractivity contribution in [1.29, 1.82) is 5.41 Å². The zero-order chi connectivity index (χ0) is 19.3. The lowest BCUT2D eigenvalue weighted by molar-refractivity contribution is -0.356. The van der Waals surface area contributed by atoms with Crippen LogP contribution in [0, 0.1) is 10.6 Å². The van der Waals surface area contributed by atoms with Crippen LogP contribution in [0.25, 0.3) is 0 Å². The molecule has 0 saturated carbocycles. The molecule has 2 aromatic rings. The minimum Gasteiger partial charge on any atom is -0.618 e. The van der Waals surface area contributed by atoms with Gasteiger partial charge in [0.05, 0.1) is 5.56 Å². The average Bonchev–Trinajstić information content (AvgIpc) is 2.59. The van der Waals surface area contributed by atoms with Gasteiger partial charge in [-0.1, -0.05) is 23.9 Å². The van der Waals surface area contributed by atoms with Gasteiger partial charge in [0.25, 0.3) is 0 Å². The Morgan fingerprint density at radius 2 is 1.96 bits per heavy atom. The smallest absolute Gasteiger partial charge is 0.335 e. The standard InChI is InChI=1S/C17H17N3O5S/c1-26-17(18)19-8-10-3-2-4-11(5-10)9-20(25)15-13(21)6-12(16(23)24)7-14(15)22/h2-7,9,21-22H,8H2,1H3,(H2,18,19)(H,23,24)/b20-9-. The highest BCUT2D eigenvalue weighted by molar-refractivity contribution is 8.13. The molecule has 5 N–H and O–H groups in total. The molecule has 0 bridgehead atoms. The number of phenols is 2. The molecule has 0 atom stereocenters. The third-order valence-corrected chi connectivity index (χ3v) is 3.96. The number of carboxylic acid groups (broad SMARTS) is 1. The second-order valence-electron chi connectivity index (χ2n) is 5.25. The number of carbonyl (C=O) groups is 1. The van der Waals surface area contributed by atoms with Gasteiger partial charge in [-0.05, 0) is 24.0 Å². The summed E-state index contributed by atoms with van der Waals surface area (Å²) in [6.45, 7) is 0.407. The lowest BCUT2D eigenvalue weighted by Crippen LogP contribution is -2.18. The third-order valence-electron chi connectivity index (χ3n) is 3.41. The number of amidine groups is 1. The molecule has 0 unspecified atom stereocenters. The molecule has 0 spiro atoms. The summed E-state index contributed by atoms with van der Waals surface area (Å²) in [4.78, 5) is 10.9. The van der Waals surface area contributed by atoms with Gasteiger partial charge in [-0.3, -0.25) is 5.41 Å². The van der Waals surface area contributed by atoms with Crippen molar-refractivity contribution in [3.05, 3.63) is 58.3 Å². The number of aromatic hydroxyl groups is 2. The molecular weight excluding hydrogens is 358 g/mol. The van der Waals surface area contributed by atoms with Crippen LogP contribution in [0.1, 0.15) is 21.5 Å². The fourth-order valence-corrected chi connectivity index (χ4v) is 2.41. The molecule has 0 amide bonds. The molecule has 0 aliphatic heterocycles. The summed E-state index contributed by atoms with van der Waals surface area (Å²) in [7, 11) is 0. The first-order chi connectivity index (χ1) is 12.3. The molecule has 2 rings (SSSR count). The molecule has 9 heteroatoms. The first-order valence-electron chi connectivity index (χ1n) is 7.37. The number of aromatic carboxylic acids is 1. The Labute approximate surface area is 153 Å². The number of hydrogen-bond acceptors (Lipinski definition) is 6. The molecule has 0 saturated heterocycles. The number of benzene rings is 2. The van der Waals surface area contributed by atoms with Crippen molar-refractivity contribution in [2.45, 2.75) is 6.54 Å². The summed E-state index contributed by atoms with van der Waals surface area (Å²) in [5, 5.41) is 51.7. The molecule has 0 aliphatic rings. The average molecular weight is 375 g/mol. The Morgan fingerprint density at radius 3 is 2.54 bits per heavy atom. The minimum atomic E-state index is -1.33. The Morgan fingerprint density at radius 1 is 1.31 bits per heavy atom. The predicted molar refractivity (Wildman–Crippen MR) is 99.7 cm³/mol. The quantitative estimate of drug-likeness (QED) is 0.178. The van der Waals surface area contributed by atoms with Gasteiger partial charge in [-0.2, -0.15) is 4.74 Å². The summed E-state index contributed by atoms with van der Waals surface area (Å²) in [6, 6.07) is 8.71. The van der Waals surface area contributed by atoms with E-state index in [4.69, 9.17) is 10.5 Å². The fourth-order valence-electron chi connectivity index (χ4n) is 2.19. The van der Waals surface area contributed by atoms with E-state index >= 15 is 0 Å². The number of carboxylic acids is 1. The van der Waals surface area contributed by atoms with Gasteiger partial charge in [-0.25, -0.2) is 4.79 Å². The van der Waals surface area contributed by atoms with Gasteiger partial charge in [0.1, 0.15) is 0 Å². The Bertz CT molecular complexity index is 859. The number of thioether (sulfide) groups is 1. The molecule has 136 valence electrons. The third kappa shape index (κ3) is 4.67. The summed E-state index contributed by atoms with van der Waals surface area (Å²) in [5.74, 6) is -2.61. The van der Waals surface area contributed by atoms with Crippen LogP contribution in [-0.2, 0) is 6.54 Å². The monoisotopic (exact) mass is 375 g/mol. The fraction of sp³-hybridized carbons (Fsp3) is 0.118. The van der Waals surface area contributed by atoms with E-state index in [9.17, 15) is 20.2 Å². The van der Waals surface area contributed by atoms with Gasteiger partial charge >= 0.3 is 11.7 Å². The van der Waals surface area contributed by atoms with E-state index in [0.29, 0.717) is 17.3 Å². The van der Waals surface area contributed by atoms with Gasteiger partial charge in [0, 0.05) is 24.2 Å². The first-order valence-corrected chi connectivity index (χ1v) is 8.60. The second kappa shape index (κ2) is 8.26. The van der Waals surface area contributed by atoms with Crippen molar-refractivity contribution >= 4 is 34.8 Å². The molecule has 0 heterocycles. The van der Waals surface area contributed by atoms with Crippen molar-refractivity contribution in [1.82, 2.24) is 5.32 Å². The first kappa shape index (κ1) is 19.1. The van der Waals surface area contributed by atoms with Crippen molar-refractivity contribution in [2.24, 2.45) is 0 Å². The molecular formula is C17H17N3O5S. The maximum atomic E-state index is 12.3. The van der Waals surface area contributed by atoms with E-state index in [-0.39, 0.29) is 10.3 Å². The lowest BCUT2D eigenvalue weighted by Gasteiger charge is -2.09. The SMILES string of the molecule is CSC(=N)NCc1cccc(/C=[N+](\[O-])c2c(O)cc(C(=O)O)cc2O)c1. The summed E-state index contributed by atoms with van der Waals surface area (Å²) in [5.41, 5.74) is 0.570. The largest absolute Gasteiger partial charge is 0.618 e. The van der Waals surface area contributed by atoms with Crippen LogP contribution in [0.3, 0.4) is 0 Å². The Hall–Kier alpha value is -3.20. The molecule has 0 fully saturated rings. The predicted octanol–water partition coefficient (Wildman–Crippen LogP) is 2.44. The zero-order valence-electron chi connectivity index (χ0n) is 13.8. The van der Waals surface area contributed by atoms with E-state index in [0.717, 1.165) is 23.9 Å². The van der Waals surface area contributed by atoms with Crippen LogP contribution in [-0.4, -0.2) is 43.7 Å². The topological polar surface area (TPSA) is 140 Å². The molecule has 8 nitrogen and oxygen atoms in total. The number of nitrogens with one attached hydrogen (secondary N) is 2. The van der Waals surface area contributed by atoms with E-state index in [1.54, 1.807) is 24.5 Å². The molecule has 0 aliphatic carbocycles. The maximum absolute atomic E-state index is 12.3. The summed E-state index contributed by atoms with van der Waals surface area (Å²) in [6.07, 6.45) is 2.93. The highest BCUT2D eigenvalue weighted by atomic mass is 32.2. The van der Waals surface area contributed by atoms with Crippen LogP contribution in [0.2, 0.25) is 0 Å². The van der Waals surface area contributed by atoms with Crippen molar-refractivity contribution in [2.75, 3.05) is 6.26 Å². The van der Waals surface area contributed by atoms with Gasteiger partial charge < -0.3 is 25.8 Å². The summed E-state index contributed by atoms with van der Waals surface area (Å²) < 4.78 is 0.271. The Balaban J connectivity index is 2.30. The van der Waals surface area contributed by atoms with Crippen molar-refractivity contribution in [3.8, 4) is 11.5 Å². The van der Waals surface area contributed by atoms with Crippen LogP contribution in [0.5, 0.6) is 11.5 Å². The molecule has 26 heavy (non-hydrogen) atoms. The van der Waals surface area contributed by atoms with Crippen molar-refractivity contribution in [3.63, 3.8) is 0 Å². The van der Waals surface area contributed by atoms with Crippen LogP contribution in [0.15, 0.2) is 36.4 Å². The molecule has 2 aromatic carbocycles. The zero-order valence-corrected chi connectivity index (χ0v) is 14.6. The van der Waals surface area contributed by atoms with Gasteiger partial charge in [0.2, 0.25) is 0 Å². The van der Waals surface area contributed by atoms with Crippen LogP contribution < -0.4 is 5.32 Å². The van der Waals surface area contributed by atoms with Gasteiger partial charge in [-0.15, -0.1) is 0 Å². The molecule has 0 aromatic heterocycles. The highest BCUT2D eigenvalue weighted by Gasteiger charge is 2.20. The van der Waals surface area contributed by atoms with Crippen LogP contribution >= 0.6 is 11.8 Å². The number of phenolic OH excluding ortho intramolecular Hbond substituents is 2. The lowest BCUT2D eigenvalue weighted by atomic mass is 10.1. The van der Waals surface area contributed by atoms with Crippen LogP contribution in [0.4, 0.5) is 5.69 Å². The van der Waals surface area contributed by atoms with E-state index < -0.39 is 23.2 Å². The van der Waals surface area contributed by atoms with E-state index in [1.165, 1.54) is 11.8 Å².